The van der Waals surface area contributed by atoms with Gasteiger partial charge in [-0.2, -0.15) is 5.10 Å². The molecule has 0 atom stereocenters. The number of halogens is 1. The molecule has 0 radical (unpaired) electrons. The largest absolute Gasteiger partial charge is 0.495 e. The Balaban J connectivity index is 0.00000135. The summed E-state index contributed by atoms with van der Waals surface area (Å²) in [5.74, 6) is 0.541. The Kier molecular flexibility index (Phi) is 15.1. The second kappa shape index (κ2) is 16.5. The summed E-state index contributed by atoms with van der Waals surface area (Å²) in [6.07, 6.45) is 0. The van der Waals surface area contributed by atoms with Gasteiger partial charge in [-0.25, -0.2) is 18.2 Å². The van der Waals surface area contributed by atoms with Gasteiger partial charge in [-0.05, 0) is 36.4 Å². The molecule has 4 aromatic rings. The molecule has 15 heteroatoms. The summed E-state index contributed by atoms with van der Waals surface area (Å²) in [7, 11) is -2.42. The van der Waals surface area contributed by atoms with Crippen molar-refractivity contribution in [3.05, 3.63) is 83.9 Å². The fraction of sp³-hybridized carbons (Fsp3) is 0.0800. The third-order valence-corrected chi connectivity index (χ3v) is 5.88. The van der Waals surface area contributed by atoms with Gasteiger partial charge in [0.15, 0.2) is 0 Å². The number of sulfonamides is 1. The van der Waals surface area contributed by atoms with Crippen molar-refractivity contribution in [2.24, 2.45) is 16.6 Å². The lowest BCUT2D eigenvalue weighted by Crippen LogP contribution is -2.16. The third-order valence-electron chi connectivity index (χ3n) is 4.63. The molecule has 0 saturated carbocycles. The first-order chi connectivity index (χ1) is 17.8. The van der Waals surface area contributed by atoms with E-state index in [1.165, 1.54) is 6.07 Å². The molecule has 11 nitrogen and oxygen atoms in total. The van der Waals surface area contributed by atoms with E-state index < -0.39 is 20.5 Å². The van der Waals surface area contributed by atoms with Crippen LogP contribution in [0.15, 0.2) is 83.8 Å². The number of hydrogen-bond acceptors (Lipinski definition) is 6. The normalized spacial score (nSPS) is 9.82. The maximum atomic E-state index is 12.2. The number of hydrogen-bond donors (Lipinski definition) is 5. The maximum Gasteiger partial charge on any atom is 0.273 e. The molecule has 8 N–H and O–H groups in total. The van der Waals surface area contributed by atoms with E-state index in [9.17, 15) is 8.42 Å². The van der Waals surface area contributed by atoms with Gasteiger partial charge >= 0.3 is 0 Å². The van der Waals surface area contributed by atoms with E-state index in [1.54, 1.807) is 42.1 Å². The van der Waals surface area contributed by atoms with Crippen LogP contribution in [0.4, 0.5) is 9.59 Å². The van der Waals surface area contributed by atoms with E-state index in [0.717, 1.165) is 11.1 Å². The number of methoxy groups -OCH3 is 1. The Hall–Kier alpha value is -3.53. The van der Waals surface area contributed by atoms with E-state index in [0.29, 0.717) is 27.8 Å². The van der Waals surface area contributed by atoms with Crippen LogP contribution >= 0.6 is 36.9 Å². The van der Waals surface area contributed by atoms with Crippen molar-refractivity contribution in [1.29, 1.82) is 0 Å². The molecular weight excluding hydrogens is 598 g/mol. The van der Waals surface area contributed by atoms with Gasteiger partial charge in [-0.1, -0.05) is 86.7 Å². The summed E-state index contributed by atoms with van der Waals surface area (Å²) in [5, 5.41) is 9.31. The first-order valence-electron chi connectivity index (χ1n) is 10.4. The van der Waals surface area contributed by atoms with Crippen LogP contribution in [-0.4, -0.2) is 41.3 Å². The molecule has 0 saturated heterocycles. The van der Waals surface area contributed by atoms with Crippen LogP contribution in [0, 0.1) is 0 Å². The molecule has 0 bridgehead atoms. The molecule has 0 spiro atoms. The summed E-state index contributed by atoms with van der Waals surface area (Å²) in [5.41, 5.74) is 12.0. The van der Waals surface area contributed by atoms with Gasteiger partial charge in [0.2, 0.25) is 10.0 Å². The third kappa shape index (κ3) is 10.6. The van der Waals surface area contributed by atoms with Gasteiger partial charge in [0.05, 0.1) is 29.2 Å². The molecule has 2 amide bonds. The van der Waals surface area contributed by atoms with Crippen LogP contribution in [0.25, 0.3) is 28.2 Å². The number of para-hydroxylation sites is 1. The fourth-order valence-electron chi connectivity index (χ4n) is 3.22. The first-order valence-corrected chi connectivity index (χ1v) is 13.3. The van der Waals surface area contributed by atoms with Gasteiger partial charge in [0.1, 0.15) is 10.6 Å². The number of primary amides is 2. The number of amides is 2. The number of nitrogens with two attached hydrogens (primary N) is 3. The van der Waals surface area contributed by atoms with Crippen molar-refractivity contribution in [3.8, 4) is 34.0 Å². The summed E-state index contributed by atoms with van der Waals surface area (Å²) < 4.78 is 31.2. The lowest BCUT2D eigenvalue weighted by molar-refractivity contribution is 0.266. The topological polar surface area (TPSA) is 205 Å². The number of thiol groups is 2. The number of carbonyl (C=O) groups excluding carboxylic acids is 2. The van der Waals surface area contributed by atoms with Gasteiger partial charge in [0.25, 0.3) is 10.5 Å². The van der Waals surface area contributed by atoms with Crippen LogP contribution in [-0.2, 0) is 10.0 Å². The predicted molar refractivity (Wildman–Crippen MR) is 165 cm³/mol. The van der Waals surface area contributed by atoms with E-state index in [4.69, 9.17) is 36.2 Å². The smallest absolute Gasteiger partial charge is 0.273 e. The molecule has 4 rings (SSSR count). The molecular formula is C25H30ClN5O6S3. The Morgan fingerprint density at radius 3 is 1.93 bits per heavy atom. The monoisotopic (exact) mass is 627 g/mol. The minimum Gasteiger partial charge on any atom is -0.495 e. The number of ether oxygens (including phenoxy) is 1. The molecule has 0 aliphatic rings. The van der Waals surface area contributed by atoms with E-state index in [-0.39, 0.29) is 17.8 Å². The van der Waals surface area contributed by atoms with Crippen LogP contribution in [0.1, 0.15) is 7.43 Å². The molecule has 40 heavy (non-hydrogen) atoms. The molecule has 216 valence electrons. The number of nitrogens with zero attached hydrogens (tertiary/aromatic N) is 2. The number of benzene rings is 3. The zero-order valence-electron chi connectivity index (χ0n) is 20.4. The number of primary sulfonamides is 1. The highest BCUT2D eigenvalue weighted by atomic mass is 35.5. The average molecular weight is 628 g/mol. The predicted octanol–water partition coefficient (Wildman–Crippen LogP) is 4.32. The Bertz CT molecular complexity index is 1510. The van der Waals surface area contributed by atoms with Crippen molar-refractivity contribution >= 4 is 57.4 Å². The maximum absolute atomic E-state index is 12.2. The van der Waals surface area contributed by atoms with E-state index >= 15 is 0 Å². The summed E-state index contributed by atoms with van der Waals surface area (Å²) in [6.45, 7) is 0. The summed E-state index contributed by atoms with van der Waals surface area (Å²) >= 11 is 12.5. The van der Waals surface area contributed by atoms with E-state index in [1.807, 2.05) is 42.5 Å². The Labute approximate surface area is 248 Å². The quantitative estimate of drug-likeness (QED) is 0.204. The first kappa shape index (κ1) is 36.5. The summed E-state index contributed by atoms with van der Waals surface area (Å²) in [4.78, 5) is 18.2. The highest BCUT2D eigenvalue weighted by Gasteiger charge is 2.20. The lowest BCUT2D eigenvalue weighted by atomic mass is 10.1. The van der Waals surface area contributed by atoms with Gasteiger partial charge in [-0.15, -0.1) is 0 Å². The number of rotatable bonds is 5. The van der Waals surface area contributed by atoms with Crippen molar-refractivity contribution in [2.45, 2.75) is 12.3 Å². The van der Waals surface area contributed by atoms with Crippen molar-refractivity contribution in [1.82, 2.24) is 9.78 Å². The fourth-order valence-corrected chi connectivity index (χ4v) is 4.19. The zero-order valence-corrected chi connectivity index (χ0v) is 23.7. The van der Waals surface area contributed by atoms with Crippen molar-refractivity contribution < 1.29 is 28.2 Å². The van der Waals surface area contributed by atoms with Crippen molar-refractivity contribution in [2.75, 3.05) is 7.11 Å². The molecule has 1 heterocycles. The minimum absolute atomic E-state index is 0. The highest BCUT2D eigenvalue weighted by molar-refractivity contribution is 7.96. The van der Waals surface area contributed by atoms with Gasteiger partial charge < -0.3 is 21.7 Å². The van der Waals surface area contributed by atoms with Gasteiger partial charge in [0, 0.05) is 11.1 Å². The lowest BCUT2D eigenvalue weighted by Gasteiger charge is -2.12. The standard InChI is InChI=1S/C22H18ClN3O3S.2CH3NOS.CH4.H2O/c1-29-21-12-11-16(13-17(21)23)20-14-18(15-7-3-2-4-8-15)25-26(20)19-9-5-6-10-22(19)30(24,27)28;2*2-1(3)4;;/h2-14H,1H3,(H2,24,27,28);2*(H3,2,3,4);1H4;1H2. The molecule has 0 fully saturated rings. The second-order valence-electron chi connectivity index (χ2n) is 7.23. The average Bonchev–Trinajstić information content (AvgIpc) is 3.29. The number of carbonyl (C=O) groups is 2. The van der Waals surface area contributed by atoms with E-state index in [2.05, 4.69) is 36.7 Å². The molecule has 0 unspecified atom stereocenters. The van der Waals surface area contributed by atoms with Crippen LogP contribution in [0.2, 0.25) is 5.02 Å². The second-order valence-corrected chi connectivity index (χ2v) is 10.0. The molecule has 0 aliphatic heterocycles. The highest BCUT2D eigenvalue weighted by Crippen LogP contribution is 2.34. The molecule has 3 aromatic carbocycles. The molecule has 0 aliphatic carbocycles. The minimum atomic E-state index is -3.96. The Morgan fingerprint density at radius 2 is 1.43 bits per heavy atom. The SMILES string of the molecule is C.COc1ccc(-c2cc(-c3ccccc3)nn2-c2ccccc2S(N)(=O)=O)cc1Cl.NC(=O)S.NC(=O)S.O. The number of aromatic nitrogens is 2. The van der Waals surface area contributed by atoms with Crippen molar-refractivity contribution in [3.63, 3.8) is 0 Å². The summed E-state index contributed by atoms with van der Waals surface area (Å²) in [6, 6.07) is 23.3. The van der Waals surface area contributed by atoms with Gasteiger partial charge in [-0.3, -0.25) is 9.59 Å². The van der Waals surface area contributed by atoms with Crippen LogP contribution < -0.4 is 21.3 Å². The Morgan fingerprint density at radius 1 is 0.900 bits per heavy atom. The zero-order chi connectivity index (χ0) is 28.5. The molecule has 1 aromatic heterocycles. The van der Waals surface area contributed by atoms with Crippen LogP contribution in [0.3, 0.4) is 0 Å². The van der Waals surface area contributed by atoms with Crippen LogP contribution in [0.5, 0.6) is 5.75 Å².